The van der Waals surface area contributed by atoms with E-state index in [1.807, 2.05) is 0 Å². The molecule has 36 heavy (non-hydrogen) atoms. The maximum Gasteiger partial charge on any atom is 0.247 e. The maximum atomic E-state index is 14.1. The van der Waals surface area contributed by atoms with Gasteiger partial charge in [-0.1, -0.05) is 6.92 Å². The lowest BCUT2D eigenvalue weighted by Gasteiger charge is -2.38. The molecule has 0 bridgehead atoms. The van der Waals surface area contributed by atoms with Crippen LogP contribution in [0.5, 0.6) is 5.75 Å². The molecule has 8 nitrogen and oxygen atoms in total. The number of nitrogens with one attached hydrogen (secondary N) is 1. The van der Waals surface area contributed by atoms with Gasteiger partial charge in [-0.05, 0) is 50.7 Å². The fourth-order valence-corrected chi connectivity index (χ4v) is 5.54. The van der Waals surface area contributed by atoms with Crippen molar-refractivity contribution in [1.29, 1.82) is 0 Å². The van der Waals surface area contributed by atoms with E-state index in [-0.39, 0.29) is 42.7 Å². The van der Waals surface area contributed by atoms with Crippen molar-refractivity contribution in [2.24, 2.45) is 5.92 Å². The third-order valence-corrected chi connectivity index (χ3v) is 7.77. The second-order valence-corrected chi connectivity index (χ2v) is 10.6. The number of likely N-dealkylation sites (tertiary alicyclic amines) is 1. The van der Waals surface area contributed by atoms with Crippen molar-refractivity contribution in [2.45, 2.75) is 69.7 Å². The van der Waals surface area contributed by atoms with Crippen LogP contribution in [0.25, 0.3) is 0 Å². The highest BCUT2D eigenvalue weighted by Gasteiger charge is 2.47. The normalized spacial score (nSPS) is 26.4. The topological polar surface area (TPSA) is 85.4 Å². The molecule has 2 amide bonds. The number of rotatable bonds is 9. The number of aliphatic hydroxyl groups excluding tert-OH is 1. The highest BCUT2D eigenvalue weighted by atomic mass is 35.5. The number of β-amino-alcohol motifs (C(OH)–C–C–N with tert-alkyl or cyclic N) is 1. The van der Waals surface area contributed by atoms with E-state index in [0.29, 0.717) is 38.8 Å². The molecule has 2 N–H and O–H groups in total. The molecule has 2 aliphatic heterocycles. The summed E-state index contributed by atoms with van der Waals surface area (Å²) in [5, 5.41) is 14.0. The molecule has 200 valence electrons. The van der Waals surface area contributed by atoms with E-state index in [1.165, 1.54) is 23.8 Å². The first-order chi connectivity index (χ1) is 16.9. The second kappa shape index (κ2) is 11.6. The number of piperazine rings is 1. The fraction of sp³-hybridized carbons (Fsp3) is 0.692. The van der Waals surface area contributed by atoms with Crippen molar-refractivity contribution in [3.05, 3.63) is 24.0 Å². The smallest absolute Gasteiger partial charge is 0.247 e. The van der Waals surface area contributed by atoms with Gasteiger partial charge in [0.15, 0.2) is 0 Å². The first-order valence-corrected chi connectivity index (χ1v) is 13.1. The van der Waals surface area contributed by atoms with Gasteiger partial charge in [0.05, 0.1) is 36.4 Å². The summed E-state index contributed by atoms with van der Waals surface area (Å²) in [4.78, 5) is 30.9. The van der Waals surface area contributed by atoms with E-state index in [0.717, 1.165) is 37.1 Å². The van der Waals surface area contributed by atoms with E-state index < -0.39 is 18.1 Å². The first kappa shape index (κ1) is 27.1. The van der Waals surface area contributed by atoms with E-state index in [2.05, 4.69) is 15.1 Å². The zero-order chi connectivity index (χ0) is 24.5. The number of ether oxygens (including phenoxy) is 1. The Morgan fingerprint density at radius 2 is 1.75 bits per heavy atom. The van der Waals surface area contributed by atoms with Crippen LogP contribution < -0.4 is 15.0 Å². The minimum absolute atomic E-state index is 0. The highest BCUT2D eigenvalue weighted by molar-refractivity contribution is 6.07. The molecule has 3 atom stereocenters. The molecule has 2 saturated carbocycles. The van der Waals surface area contributed by atoms with Gasteiger partial charge in [0, 0.05) is 44.8 Å². The van der Waals surface area contributed by atoms with E-state index in [4.69, 9.17) is 4.74 Å². The number of imide groups is 1. The van der Waals surface area contributed by atoms with Crippen LogP contribution in [-0.4, -0.2) is 90.3 Å². The molecule has 2 saturated heterocycles. The number of anilines is 1. The summed E-state index contributed by atoms with van der Waals surface area (Å²) in [6.45, 7) is 4.94. The third-order valence-electron chi connectivity index (χ3n) is 7.77. The Morgan fingerprint density at radius 1 is 1.06 bits per heavy atom. The van der Waals surface area contributed by atoms with Crippen LogP contribution in [0.15, 0.2) is 18.2 Å². The van der Waals surface area contributed by atoms with E-state index >= 15 is 0 Å². The molecule has 4 aliphatic rings. The molecule has 1 aromatic rings. The predicted octanol–water partition coefficient (Wildman–Crippen LogP) is 2.18. The molecule has 2 aliphatic carbocycles. The number of aliphatic hydroxyl groups is 1. The number of hydrogen-bond acceptors (Lipinski definition) is 7. The Balaban J connectivity index is 0.00000304. The van der Waals surface area contributed by atoms with Gasteiger partial charge in [-0.15, -0.1) is 12.4 Å². The molecule has 0 aromatic heterocycles. The average molecular weight is 525 g/mol. The van der Waals surface area contributed by atoms with Crippen LogP contribution in [0.3, 0.4) is 0 Å². The lowest BCUT2D eigenvalue weighted by Crippen LogP contribution is -2.51. The van der Waals surface area contributed by atoms with Gasteiger partial charge in [-0.3, -0.25) is 19.4 Å². The summed E-state index contributed by atoms with van der Waals surface area (Å²) < 4.78 is 20.3. The van der Waals surface area contributed by atoms with Gasteiger partial charge in [0.25, 0.3) is 0 Å². The van der Waals surface area contributed by atoms with Gasteiger partial charge in [0.1, 0.15) is 11.6 Å². The summed E-state index contributed by atoms with van der Waals surface area (Å²) in [5.74, 6) is -0.371. The molecule has 1 aromatic carbocycles. The second-order valence-electron chi connectivity index (χ2n) is 10.6. The Morgan fingerprint density at radius 3 is 2.42 bits per heavy atom. The maximum absolute atomic E-state index is 14.1. The lowest BCUT2D eigenvalue weighted by molar-refractivity contribution is -0.141. The van der Waals surface area contributed by atoms with Crippen molar-refractivity contribution in [3.63, 3.8) is 0 Å². The van der Waals surface area contributed by atoms with Crippen LogP contribution in [0.4, 0.5) is 10.1 Å². The summed E-state index contributed by atoms with van der Waals surface area (Å²) in [6, 6.07) is 4.59. The Kier molecular flexibility index (Phi) is 8.75. The Hall–Kier alpha value is -1.94. The Bertz CT molecular complexity index is 935. The molecule has 0 spiro atoms. The number of halogens is 2. The molecule has 2 heterocycles. The van der Waals surface area contributed by atoms with Crippen molar-refractivity contribution in [3.8, 4) is 5.75 Å². The third kappa shape index (κ3) is 6.13. The summed E-state index contributed by atoms with van der Waals surface area (Å²) in [6.07, 6.45) is 5.92. The average Bonchev–Trinajstić information content (AvgIpc) is 3.49. The number of hydrogen-bond donors (Lipinski definition) is 2. The fourth-order valence-electron chi connectivity index (χ4n) is 5.54. The van der Waals surface area contributed by atoms with Gasteiger partial charge < -0.3 is 20.1 Å². The quantitative estimate of drug-likeness (QED) is 0.479. The Labute approximate surface area is 218 Å². The van der Waals surface area contributed by atoms with Crippen LogP contribution in [0.2, 0.25) is 0 Å². The van der Waals surface area contributed by atoms with Crippen molar-refractivity contribution in [1.82, 2.24) is 15.1 Å². The zero-order valence-corrected chi connectivity index (χ0v) is 21.7. The molecular formula is C26H38ClFN4O4. The molecule has 10 heteroatoms. The van der Waals surface area contributed by atoms with Crippen LogP contribution in [-0.2, 0) is 9.59 Å². The minimum atomic E-state index is -0.809. The lowest BCUT2D eigenvalue weighted by atomic mass is 10.1. The zero-order valence-electron chi connectivity index (χ0n) is 20.9. The number of carbonyl (C=O) groups excluding carboxylic acids is 2. The highest BCUT2D eigenvalue weighted by Crippen LogP contribution is 2.34. The van der Waals surface area contributed by atoms with Gasteiger partial charge in [-0.25, -0.2) is 4.39 Å². The van der Waals surface area contributed by atoms with E-state index in [1.54, 1.807) is 19.1 Å². The molecule has 3 unspecified atom stereocenters. The van der Waals surface area contributed by atoms with Gasteiger partial charge in [0.2, 0.25) is 11.8 Å². The minimum Gasteiger partial charge on any atom is -0.488 e. The SMILES string of the molecule is CC1C(=O)N(CC(O)CN2CCN(c3cc(F)ccc3OC3CCCC3)CC2)C(=O)C1NC1CC1.Cl. The summed E-state index contributed by atoms with van der Waals surface area (Å²) >= 11 is 0. The van der Waals surface area contributed by atoms with Gasteiger partial charge in [-0.2, -0.15) is 0 Å². The van der Waals surface area contributed by atoms with Crippen molar-refractivity contribution >= 4 is 29.9 Å². The van der Waals surface area contributed by atoms with Crippen LogP contribution >= 0.6 is 12.4 Å². The van der Waals surface area contributed by atoms with Gasteiger partial charge >= 0.3 is 0 Å². The number of nitrogens with zero attached hydrogens (tertiary/aromatic N) is 3. The molecule has 5 rings (SSSR count). The molecule has 4 fully saturated rings. The summed E-state index contributed by atoms with van der Waals surface area (Å²) in [7, 11) is 0. The largest absolute Gasteiger partial charge is 0.488 e. The van der Waals surface area contributed by atoms with Crippen molar-refractivity contribution < 1.29 is 23.8 Å². The summed E-state index contributed by atoms with van der Waals surface area (Å²) in [5.41, 5.74) is 0.786. The van der Waals surface area contributed by atoms with Crippen LogP contribution in [0.1, 0.15) is 45.4 Å². The number of benzene rings is 1. The van der Waals surface area contributed by atoms with Crippen LogP contribution in [0, 0.1) is 11.7 Å². The predicted molar refractivity (Wildman–Crippen MR) is 137 cm³/mol. The number of carbonyl (C=O) groups is 2. The number of amides is 2. The first-order valence-electron chi connectivity index (χ1n) is 13.1. The standard InChI is InChI=1S/C26H37FN4O4.ClH/c1-17-24(28-19-7-8-19)26(34)31(25(17)33)16-20(32)15-29-10-12-30(13-11-29)22-14-18(27)6-9-23(22)35-21-4-2-3-5-21;/h6,9,14,17,19-21,24,28,32H,2-5,7-8,10-13,15-16H2,1H3;1H. The monoisotopic (exact) mass is 524 g/mol. The van der Waals surface area contributed by atoms with Crippen molar-refractivity contribution in [2.75, 3.05) is 44.2 Å². The molecular weight excluding hydrogens is 487 g/mol. The molecule has 0 radical (unpaired) electrons. The van der Waals surface area contributed by atoms with E-state index in [9.17, 15) is 19.1 Å².